The van der Waals surface area contributed by atoms with Gasteiger partial charge in [-0.1, -0.05) is 56.7 Å². The van der Waals surface area contributed by atoms with Crippen molar-refractivity contribution in [2.24, 2.45) is 10.9 Å². The average molecular weight is 280 g/mol. The maximum Gasteiger partial charge on any atom is 0.157 e. The van der Waals surface area contributed by atoms with Crippen molar-refractivity contribution in [1.82, 2.24) is 5.32 Å². The van der Waals surface area contributed by atoms with Crippen LogP contribution in [0.2, 0.25) is 0 Å². The van der Waals surface area contributed by atoms with Crippen molar-refractivity contribution in [2.75, 3.05) is 12.3 Å². The Kier molecular flexibility index (Phi) is 4.73. The molecule has 3 aliphatic rings. The summed E-state index contributed by atoms with van der Waals surface area (Å²) < 4.78 is 0. The van der Waals surface area contributed by atoms with E-state index >= 15 is 0 Å². The second-order valence-corrected chi connectivity index (χ2v) is 7.70. The molecule has 3 heteroatoms. The van der Waals surface area contributed by atoms with E-state index < -0.39 is 0 Å². The Morgan fingerprint density at radius 2 is 1.89 bits per heavy atom. The lowest BCUT2D eigenvalue weighted by atomic mass is 9.83. The molecule has 2 saturated carbocycles. The predicted molar refractivity (Wildman–Crippen MR) is 84.9 cm³/mol. The Labute approximate surface area is 122 Å². The smallest absolute Gasteiger partial charge is 0.157 e. The highest BCUT2D eigenvalue weighted by Crippen LogP contribution is 2.36. The molecule has 108 valence electrons. The summed E-state index contributed by atoms with van der Waals surface area (Å²) >= 11 is 1.97. The van der Waals surface area contributed by atoms with Crippen LogP contribution < -0.4 is 5.32 Å². The normalized spacial score (nSPS) is 29.2. The van der Waals surface area contributed by atoms with E-state index in [2.05, 4.69) is 5.32 Å². The zero-order chi connectivity index (χ0) is 13.0. The van der Waals surface area contributed by atoms with Gasteiger partial charge in [0, 0.05) is 17.8 Å². The highest BCUT2D eigenvalue weighted by molar-refractivity contribution is 8.14. The summed E-state index contributed by atoms with van der Waals surface area (Å²) in [7, 11) is 0. The van der Waals surface area contributed by atoms with Crippen molar-refractivity contribution < 1.29 is 0 Å². The van der Waals surface area contributed by atoms with Gasteiger partial charge in [-0.15, -0.1) is 0 Å². The first-order valence-corrected chi connectivity index (χ1v) is 9.30. The van der Waals surface area contributed by atoms with E-state index in [4.69, 9.17) is 4.99 Å². The molecule has 3 fully saturated rings. The highest BCUT2D eigenvalue weighted by Gasteiger charge is 2.37. The monoisotopic (exact) mass is 280 g/mol. The minimum absolute atomic E-state index is 0.424. The molecule has 1 N–H and O–H groups in total. The van der Waals surface area contributed by atoms with E-state index in [1.165, 1.54) is 81.5 Å². The molecule has 0 amide bonds. The molecule has 1 saturated heterocycles. The lowest BCUT2D eigenvalue weighted by Crippen LogP contribution is -2.45. The second-order valence-electron chi connectivity index (χ2n) is 6.73. The molecule has 0 aromatic heterocycles. The maximum atomic E-state index is 4.80. The maximum absolute atomic E-state index is 4.80. The Bertz CT molecular complexity index is 315. The lowest BCUT2D eigenvalue weighted by molar-refractivity contribution is 0.303. The summed E-state index contributed by atoms with van der Waals surface area (Å²) in [6.07, 6.45) is 15.6. The molecule has 0 unspecified atom stereocenters. The number of rotatable bonds is 4. The van der Waals surface area contributed by atoms with Gasteiger partial charge in [0.2, 0.25) is 0 Å². The molecule has 0 aromatic carbocycles. The van der Waals surface area contributed by atoms with Crippen LogP contribution in [-0.2, 0) is 0 Å². The fraction of sp³-hybridized carbons (Fsp3) is 0.938. The van der Waals surface area contributed by atoms with Crippen LogP contribution in [0, 0.1) is 5.92 Å². The molecule has 1 heterocycles. The van der Waals surface area contributed by atoms with Gasteiger partial charge >= 0.3 is 0 Å². The van der Waals surface area contributed by atoms with Crippen LogP contribution in [0.3, 0.4) is 0 Å². The molecule has 0 atom stereocenters. The van der Waals surface area contributed by atoms with E-state index in [9.17, 15) is 0 Å². The van der Waals surface area contributed by atoms with Crippen molar-refractivity contribution in [1.29, 1.82) is 0 Å². The third-order valence-electron chi connectivity index (χ3n) is 5.17. The van der Waals surface area contributed by atoms with Crippen LogP contribution in [0.5, 0.6) is 0 Å². The summed E-state index contributed by atoms with van der Waals surface area (Å²) in [5.41, 5.74) is 0.424. The van der Waals surface area contributed by atoms with Crippen LogP contribution in [0.15, 0.2) is 4.99 Å². The van der Waals surface area contributed by atoms with E-state index in [1.807, 2.05) is 11.8 Å². The number of amidine groups is 1. The Morgan fingerprint density at radius 3 is 2.68 bits per heavy atom. The fourth-order valence-electron chi connectivity index (χ4n) is 3.95. The van der Waals surface area contributed by atoms with Crippen LogP contribution in [-0.4, -0.2) is 23.0 Å². The largest absolute Gasteiger partial charge is 0.359 e. The van der Waals surface area contributed by atoms with Gasteiger partial charge in [0.1, 0.15) is 0 Å². The first-order chi connectivity index (χ1) is 9.36. The number of hydrogen-bond donors (Lipinski definition) is 1. The van der Waals surface area contributed by atoms with Gasteiger partial charge in [0.05, 0.1) is 0 Å². The number of aliphatic imine (C=N–C) groups is 1. The van der Waals surface area contributed by atoms with Crippen molar-refractivity contribution in [3.8, 4) is 0 Å². The molecule has 19 heavy (non-hydrogen) atoms. The summed E-state index contributed by atoms with van der Waals surface area (Å²) in [6, 6.07) is 0. The van der Waals surface area contributed by atoms with Gasteiger partial charge < -0.3 is 5.32 Å². The molecule has 0 radical (unpaired) electrons. The number of thioether (sulfide) groups is 1. The molecule has 1 aliphatic heterocycles. The molecule has 0 aromatic rings. The predicted octanol–water partition coefficient (Wildman–Crippen LogP) is 4.35. The average Bonchev–Trinajstić information content (AvgIpc) is 3.07. The SMILES string of the molecule is C1CCC2(CC1)CSC(=NCCCC1CCCC1)N2. The number of hydrogen-bond acceptors (Lipinski definition) is 2. The molecule has 3 rings (SSSR count). The highest BCUT2D eigenvalue weighted by atomic mass is 32.2. The topological polar surface area (TPSA) is 24.4 Å². The Balaban J connectivity index is 1.38. The number of nitrogens with zero attached hydrogens (tertiary/aromatic N) is 1. The minimum Gasteiger partial charge on any atom is -0.359 e. The van der Waals surface area contributed by atoms with Crippen LogP contribution in [0.1, 0.15) is 70.6 Å². The minimum atomic E-state index is 0.424. The lowest BCUT2D eigenvalue weighted by Gasteiger charge is -2.32. The van der Waals surface area contributed by atoms with Gasteiger partial charge in [-0.3, -0.25) is 4.99 Å². The molecular weight excluding hydrogens is 252 g/mol. The number of nitrogens with one attached hydrogen (secondary N) is 1. The Hall–Kier alpha value is -0.180. The first-order valence-electron chi connectivity index (χ1n) is 8.32. The van der Waals surface area contributed by atoms with Gasteiger partial charge in [0.15, 0.2) is 5.17 Å². The third-order valence-corrected chi connectivity index (χ3v) is 6.37. The van der Waals surface area contributed by atoms with Crippen LogP contribution in [0.4, 0.5) is 0 Å². The van der Waals surface area contributed by atoms with Gasteiger partial charge in [0.25, 0.3) is 0 Å². The quantitative estimate of drug-likeness (QED) is 0.774. The molecular formula is C16H28N2S. The first kappa shape index (κ1) is 13.8. The third kappa shape index (κ3) is 3.68. The van der Waals surface area contributed by atoms with Crippen LogP contribution >= 0.6 is 11.8 Å². The van der Waals surface area contributed by atoms with E-state index in [1.54, 1.807) is 0 Å². The van der Waals surface area contributed by atoms with E-state index in [0.29, 0.717) is 5.54 Å². The van der Waals surface area contributed by atoms with Crippen molar-refractivity contribution in [3.05, 3.63) is 0 Å². The molecule has 2 aliphatic carbocycles. The van der Waals surface area contributed by atoms with Crippen molar-refractivity contribution >= 4 is 16.9 Å². The summed E-state index contributed by atoms with van der Waals surface area (Å²) in [5, 5.41) is 4.99. The summed E-state index contributed by atoms with van der Waals surface area (Å²) in [5.74, 6) is 2.28. The second kappa shape index (κ2) is 6.51. The standard InChI is InChI=1S/C16H28N2S/c1-4-10-16(11-5-1)13-19-15(18-16)17-12-6-9-14-7-2-3-8-14/h14H,1-13H2,(H,17,18). The van der Waals surface area contributed by atoms with Gasteiger partial charge in [-0.05, 0) is 31.6 Å². The Morgan fingerprint density at radius 1 is 1.11 bits per heavy atom. The van der Waals surface area contributed by atoms with Crippen molar-refractivity contribution in [3.63, 3.8) is 0 Å². The van der Waals surface area contributed by atoms with Crippen molar-refractivity contribution in [2.45, 2.75) is 76.2 Å². The fourth-order valence-corrected chi connectivity index (χ4v) is 5.19. The molecule has 1 spiro atoms. The molecule has 2 nitrogen and oxygen atoms in total. The van der Waals surface area contributed by atoms with Gasteiger partial charge in [-0.25, -0.2) is 0 Å². The zero-order valence-corrected chi connectivity index (χ0v) is 12.9. The van der Waals surface area contributed by atoms with E-state index in [0.717, 1.165) is 12.5 Å². The van der Waals surface area contributed by atoms with E-state index in [-0.39, 0.29) is 0 Å². The van der Waals surface area contributed by atoms with Gasteiger partial charge in [-0.2, -0.15) is 0 Å². The summed E-state index contributed by atoms with van der Waals surface area (Å²) in [6.45, 7) is 1.04. The summed E-state index contributed by atoms with van der Waals surface area (Å²) in [4.78, 5) is 4.80. The zero-order valence-electron chi connectivity index (χ0n) is 12.1. The van der Waals surface area contributed by atoms with Crippen LogP contribution in [0.25, 0.3) is 0 Å². The molecule has 0 bridgehead atoms.